The molecule has 1 aliphatic heterocycles. The molecule has 1 aromatic heterocycles. The summed E-state index contributed by atoms with van der Waals surface area (Å²) in [7, 11) is 0. The van der Waals surface area contributed by atoms with Crippen LogP contribution in [0, 0.1) is 0 Å². The Kier molecular flexibility index (Phi) is 7.85. The molecular formula is C24H30N2O4. The van der Waals surface area contributed by atoms with Crippen molar-refractivity contribution in [3.05, 3.63) is 66.1 Å². The van der Waals surface area contributed by atoms with E-state index in [9.17, 15) is 9.59 Å². The van der Waals surface area contributed by atoms with Crippen LogP contribution in [0.1, 0.15) is 38.0 Å². The molecular weight excluding hydrogens is 380 g/mol. The van der Waals surface area contributed by atoms with E-state index in [0.717, 1.165) is 25.0 Å². The number of hydrogen-bond acceptors (Lipinski definition) is 4. The van der Waals surface area contributed by atoms with Crippen LogP contribution in [0.3, 0.4) is 0 Å². The minimum absolute atomic E-state index is 0.0169. The average Bonchev–Trinajstić information content (AvgIpc) is 3.44. The molecule has 0 saturated carbocycles. The largest absolute Gasteiger partial charge is 0.467 e. The molecule has 6 nitrogen and oxygen atoms in total. The number of nitrogens with zero attached hydrogens (tertiary/aromatic N) is 2. The fourth-order valence-corrected chi connectivity index (χ4v) is 3.47. The van der Waals surface area contributed by atoms with E-state index < -0.39 is 0 Å². The molecule has 160 valence electrons. The zero-order valence-corrected chi connectivity index (χ0v) is 17.7. The van der Waals surface area contributed by atoms with Gasteiger partial charge in [0, 0.05) is 25.3 Å². The van der Waals surface area contributed by atoms with E-state index in [4.69, 9.17) is 9.15 Å². The third-order valence-electron chi connectivity index (χ3n) is 5.16. The summed E-state index contributed by atoms with van der Waals surface area (Å²) in [5, 5.41) is 0. The van der Waals surface area contributed by atoms with Crippen LogP contribution in [-0.2, 0) is 20.9 Å². The Morgan fingerprint density at radius 2 is 1.97 bits per heavy atom. The molecule has 0 radical (unpaired) electrons. The lowest BCUT2D eigenvalue weighted by Crippen LogP contribution is -2.46. The molecule has 1 fully saturated rings. The standard InChI is InChI=1S/C24H30N2O4/c1-19(2)26(23(27)13-12-20-8-4-3-5-9-20)18-24(28)25(16-21-10-6-14-29-21)17-22-11-7-15-30-22/h3-6,8-10,12-14,19,22H,7,11,15-18H2,1-2H3. The SMILES string of the molecule is CC(C)N(CC(=O)N(Cc1ccco1)CC1CCCO1)C(=O)C=Cc1ccccc1. The Bertz CT molecular complexity index is 824. The number of carbonyl (C=O) groups is 2. The minimum Gasteiger partial charge on any atom is -0.467 e. The third kappa shape index (κ3) is 6.32. The van der Waals surface area contributed by atoms with E-state index in [1.165, 1.54) is 6.08 Å². The maximum absolute atomic E-state index is 13.2. The van der Waals surface area contributed by atoms with Crippen LogP contribution in [0.15, 0.2) is 59.2 Å². The van der Waals surface area contributed by atoms with Crippen molar-refractivity contribution in [3.8, 4) is 0 Å². The summed E-state index contributed by atoms with van der Waals surface area (Å²) >= 11 is 0. The van der Waals surface area contributed by atoms with Crippen molar-refractivity contribution in [1.29, 1.82) is 0 Å². The quantitative estimate of drug-likeness (QED) is 0.591. The molecule has 6 heteroatoms. The van der Waals surface area contributed by atoms with Gasteiger partial charge >= 0.3 is 0 Å². The van der Waals surface area contributed by atoms with Gasteiger partial charge in [-0.1, -0.05) is 30.3 Å². The Hall–Kier alpha value is -2.86. The number of benzene rings is 1. The molecule has 1 aliphatic rings. The van der Waals surface area contributed by atoms with Crippen molar-refractivity contribution in [2.24, 2.45) is 0 Å². The summed E-state index contributed by atoms with van der Waals surface area (Å²) in [5.74, 6) is 0.419. The first kappa shape index (κ1) is 21.8. The molecule has 2 heterocycles. The number of ether oxygens (including phenoxy) is 1. The van der Waals surface area contributed by atoms with Crippen LogP contribution in [0.2, 0.25) is 0 Å². The smallest absolute Gasteiger partial charge is 0.247 e. The van der Waals surface area contributed by atoms with Crippen molar-refractivity contribution in [2.75, 3.05) is 19.7 Å². The highest BCUT2D eigenvalue weighted by Gasteiger charge is 2.26. The van der Waals surface area contributed by atoms with Gasteiger partial charge in [-0.2, -0.15) is 0 Å². The fraction of sp³-hybridized carbons (Fsp3) is 0.417. The number of furan rings is 1. The van der Waals surface area contributed by atoms with Gasteiger partial charge in [0.05, 0.1) is 18.9 Å². The van der Waals surface area contributed by atoms with Crippen LogP contribution in [0.25, 0.3) is 6.08 Å². The summed E-state index contributed by atoms with van der Waals surface area (Å²) in [5.41, 5.74) is 0.943. The summed E-state index contributed by atoms with van der Waals surface area (Å²) < 4.78 is 11.2. The Morgan fingerprint density at radius 3 is 2.60 bits per heavy atom. The van der Waals surface area contributed by atoms with E-state index in [0.29, 0.717) is 18.8 Å². The lowest BCUT2D eigenvalue weighted by Gasteiger charge is -2.30. The van der Waals surface area contributed by atoms with Crippen molar-refractivity contribution in [1.82, 2.24) is 9.80 Å². The molecule has 1 atom stereocenters. The van der Waals surface area contributed by atoms with E-state index in [1.54, 1.807) is 22.1 Å². The lowest BCUT2D eigenvalue weighted by molar-refractivity contribution is -0.141. The highest BCUT2D eigenvalue weighted by molar-refractivity contribution is 5.94. The predicted molar refractivity (Wildman–Crippen MR) is 115 cm³/mol. The van der Waals surface area contributed by atoms with Gasteiger partial charge in [-0.3, -0.25) is 9.59 Å². The molecule has 1 aromatic carbocycles. The predicted octanol–water partition coefficient (Wildman–Crippen LogP) is 3.74. The van der Waals surface area contributed by atoms with Crippen LogP contribution >= 0.6 is 0 Å². The van der Waals surface area contributed by atoms with Crippen LogP contribution in [0.4, 0.5) is 0 Å². The summed E-state index contributed by atoms with van der Waals surface area (Å²) in [4.78, 5) is 29.3. The molecule has 0 spiro atoms. The van der Waals surface area contributed by atoms with Crippen LogP contribution in [0.5, 0.6) is 0 Å². The van der Waals surface area contributed by atoms with Gasteiger partial charge < -0.3 is 19.0 Å². The molecule has 1 saturated heterocycles. The zero-order valence-electron chi connectivity index (χ0n) is 17.7. The molecule has 0 N–H and O–H groups in total. The summed E-state index contributed by atoms with van der Waals surface area (Å²) in [6, 6.07) is 13.2. The maximum Gasteiger partial charge on any atom is 0.247 e. The Labute approximate surface area is 178 Å². The molecule has 30 heavy (non-hydrogen) atoms. The summed E-state index contributed by atoms with van der Waals surface area (Å²) in [6.07, 6.45) is 6.88. The average molecular weight is 411 g/mol. The minimum atomic E-state index is -0.183. The number of carbonyl (C=O) groups excluding carboxylic acids is 2. The third-order valence-corrected chi connectivity index (χ3v) is 5.16. The van der Waals surface area contributed by atoms with Crippen molar-refractivity contribution in [3.63, 3.8) is 0 Å². The summed E-state index contributed by atoms with van der Waals surface area (Å²) in [6.45, 7) is 5.44. The zero-order chi connectivity index (χ0) is 21.3. The van der Waals surface area contributed by atoms with Crippen molar-refractivity contribution in [2.45, 2.75) is 45.4 Å². The number of hydrogen-bond donors (Lipinski definition) is 0. The van der Waals surface area contributed by atoms with Gasteiger partial charge in [-0.05, 0) is 50.5 Å². The molecule has 2 aromatic rings. The van der Waals surface area contributed by atoms with Gasteiger partial charge in [0.1, 0.15) is 12.3 Å². The van der Waals surface area contributed by atoms with Crippen LogP contribution in [-0.4, -0.2) is 53.5 Å². The molecule has 0 aliphatic carbocycles. The van der Waals surface area contributed by atoms with Gasteiger partial charge in [-0.25, -0.2) is 0 Å². The van der Waals surface area contributed by atoms with E-state index >= 15 is 0 Å². The normalized spacial score (nSPS) is 16.3. The molecule has 2 amide bonds. The van der Waals surface area contributed by atoms with Gasteiger partial charge in [0.2, 0.25) is 11.8 Å². The Balaban J connectivity index is 1.68. The first-order valence-corrected chi connectivity index (χ1v) is 10.5. The van der Waals surface area contributed by atoms with Gasteiger partial charge in [0.15, 0.2) is 0 Å². The second kappa shape index (κ2) is 10.8. The lowest BCUT2D eigenvalue weighted by atomic mass is 10.2. The highest BCUT2D eigenvalue weighted by Crippen LogP contribution is 2.16. The van der Waals surface area contributed by atoms with Crippen molar-refractivity contribution < 1.29 is 18.7 Å². The second-order valence-corrected chi connectivity index (χ2v) is 7.79. The Morgan fingerprint density at radius 1 is 1.17 bits per heavy atom. The topological polar surface area (TPSA) is 63.0 Å². The molecule has 0 bridgehead atoms. The van der Waals surface area contributed by atoms with Gasteiger partial charge in [0.25, 0.3) is 0 Å². The van der Waals surface area contributed by atoms with Crippen molar-refractivity contribution >= 4 is 17.9 Å². The number of amides is 2. The fourth-order valence-electron chi connectivity index (χ4n) is 3.47. The molecule has 3 rings (SSSR count). The second-order valence-electron chi connectivity index (χ2n) is 7.79. The number of rotatable bonds is 9. The van der Waals surface area contributed by atoms with Crippen LogP contribution < -0.4 is 0 Å². The molecule has 1 unspecified atom stereocenters. The van der Waals surface area contributed by atoms with E-state index in [-0.39, 0.29) is 30.5 Å². The maximum atomic E-state index is 13.2. The van der Waals surface area contributed by atoms with E-state index in [2.05, 4.69) is 0 Å². The highest BCUT2D eigenvalue weighted by atomic mass is 16.5. The van der Waals surface area contributed by atoms with Gasteiger partial charge in [-0.15, -0.1) is 0 Å². The van der Waals surface area contributed by atoms with E-state index in [1.807, 2.05) is 56.3 Å². The first-order valence-electron chi connectivity index (χ1n) is 10.5. The first-order chi connectivity index (χ1) is 14.5. The monoisotopic (exact) mass is 410 g/mol.